The zero-order chi connectivity index (χ0) is 21.9. The van der Waals surface area contributed by atoms with Crippen molar-refractivity contribution in [3.8, 4) is 0 Å². The number of benzene rings is 2. The van der Waals surface area contributed by atoms with Crippen molar-refractivity contribution in [3.05, 3.63) is 52.5 Å². The third-order valence-corrected chi connectivity index (χ3v) is 7.28. The van der Waals surface area contributed by atoms with Gasteiger partial charge in [0.25, 0.3) is 10.0 Å². The van der Waals surface area contributed by atoms with E-state index in [0.29, 0.717) is 18.8 Å². The first-order valence-corrected chi connectivity index (χ1v) is 11.9. The van der Waals surface area contributed by atoms with Crippen LogP contribution in [0.2, 0.25) is 5.02 Å². The predicted octanol–water partition coefficient (Wildman–Crippen LogP) is 3.18. The van der Waals surface area contributed by atoms with Gasteiger partial charge >= 0.3 is 11.9 Å². The quantitative estimate of drug-likeness (QED) is 0.619. The highest BCUT2D eigenvalue weighted by Crippen LogP contribution is 2.30. The Bertz CT molecular complexity index is 1080. The maximum Gasteiger partial charge on any atom is 0.337 e. The lowest BCUT2D eigenvalue weighted by Crippen LogP contribution is -2.33. The van der Waals surface area contributed by atoms with Crippen molar-refractivity contribution in [1.82, 2.24) is 0 Å². The largest absolute Gasteiger partial charge is 0.478 e. The van der Waals surface area contributed by atoms with Crippen LogP contribution >= 0.6 is 23.4 Å². The zero-order valence-electron chi connectivity index (χ0n) is 15.9. The third-order valence-electron chi connectivity index (χ3n) is 4.47. The molecule has 1 aliphatic heterocycles. The molecule has 2 aromatic carbocycles. The van der Waals surface area contributed by atoms with Gasteiger partial charge in [0.15, 0.2) is 0 Å². The summed E-state index contributed by atoms with van der Waals surface area (Å²) in [6.45, 7) is 1.43. The molecule has 0 saturated carbocycles. The fraction of sp³-hybridized carbons (Fsp3) is 0.263. The number of carbonyl (C=O) groups excluding carboxylic acids is 1. The van der Waals surface area contributed by atoms with Crippen LogP contribution in [0.5, 0.6) is 0 Å². The molecule has 30 heavy (non-hydrogen) atoms. The predicted molar refractivity (Wildman–Crippen MR) is 117 cm³/mol. The van der Waals surface area contributed by atoms with E-state index in [2.05, 4.69) is 9.46 Å². The van der Waals surface area contributed by atoms with Gasteiger partial charge < -0.3 is 14.7 Å². The average molecular weight is 471 g/mol. The molecule has 3 rings (SSSR count). The Morgan fingerprint density at radius 3 is 2.50 bits per heavy atom. The summed E-state index contributed by atoms with van der Waals surface area (Å²) in [5.41, 5.74) is 0.627. The first-order chi connectivity index (χ1) is 14.2. The highest BCUT2D eigenvalue weighted by molar-refractivity contribution is 7.99. The summed E-state index contributed by atoms with van der Waals surface area (Å²) in [6.07, 6.45) is 0. The Hall–Kier alpha value is -2.43. The molecule has 0 atom stereocenters. The standard InChI is InChI=1S/C19H19ClN2O6S2/c1-28-19(25)12-2-4-15(20)17(10-12)30(26,27)21-13-3-5-16(14(11-13)18(23)24)22-6-8-29-9-7-22/h2-5,10-11,21H,6-9H2,1H3,(H,23,24). The van der Waals surface area contributed by atoms with Crippen LogP contribution in [0.4, 0.5) is 11.4 Å². The van der Waals surface area contributed by atoms with Crippen molar-refractivity contribution < 1.29 is 27.9 Å². The van der Waals surface area contributed by atoms with E-state index in [1.54, 1.807) is 17.8 Å². The number of nitrogens with zero attached hydrogens (tertiary/aromatic N) is 1. The SMILES string of the molecule is COC(=O)c1ccc(Cl)c(S(=O)(=O)Nc2ccc(N3CCSCC3)c(C(=O)O)c2)c1. The molecule has 0 amide bonds. The van der Waals surface area contributed by atoms with Gasteiger partial charge in [0.1, 0.15) is 4.90 Å². The highest BCUT2D eigenvalue weighted by atomic mass is 35.5. The number of hydrogen-bond acceptors (Lipinski definition) is 7. The molecule has 2 aromatic rings. The maximum absolute atomic E-state index is 12.8. The third kappa shape index (κ3) is 4.82. The molecule has 11 heteroatoms. The van der Waals surface area contributed by atoms with Crippen molar-refractivity contribution in [2.24, 2.45) is 0 Å². The molecular formula is C19H19ClN2O6S2. The van der Waals surface area contributed by atoms with Crippen molar-refractivity contribution >= 4 is 56.7 Å². The molecule has 160 valence electrons. The second-order valence-electron chi connectivity index (χ2n) is 6.38. The fourth-order valence-corrected chi connectivity index (χ4v) is 5.49. The Labute approximate surface area is 183 Å². The number of ether oxygens (including phenoxy) is 1. The summed E-state index contributed by atoms with van der Waals surface area (Å²) in [5.74, 6) is -0.0828. The number of carboxylic acids is 1. The van der Waals surface area contributed by atoms with Gasteiger partial charge in [-0.2, -0.15) is 11.8 Å². The van der Waals surface area contributed by atoms with Crippen LogP contribution in [0.15, 0.2) is 41.3 Å². The minimum absolute atomic E-state index is 0.00323. The summed E-state index contributed by atoms with van der Waals surface area (Å²) in [5, 5.41) is 9.54. The van der Waals surface area contributed by atoms with Gasteiger partial charge in [-0.05, 0) is 36.4 Å². The van der Waals surface area contributed by atoms with Crippen molar-refractivity contribution in [2.75, 3.05) is 41.3 Å². The lowest BCUT2D eigenvalue weighted by Gasteiger charge is -2.29. The maximum atomic E-state index is 12.8. The number of aromatic carboxylic acids is 1. The molecule has 0 aliphatic carbocycles. The zero-order valence-corrected chi connectivity index (χ0v) is 18.3. The number of rotatable bonds is 6. The van der Waals surface area contributed by atoms with Crippen LogP contribution in [-0.4, -0.2) is 57.2 Å². The normalized spacial score (nSPS) is 14.3. The molecule has 1 fully saturated rings. The van der Waals surface area contributed by atoms with Crippen molar-refractivity contribution in [1.29, 1.82) is 0 Å². The molecule has 0 bridgehead atoms. The minimum atomic E-state index is -4.19. The van der Waals surface area contributed by atoms with Gasteiger partial charge in [0.05, 0.1) is 28.9 Å². The monoisotopic (exact) mass is 470 g/mol. The van der Waals surface area contributed by atoms with Crippen LogP contribution in [0.25, 0.3) is 0 Å². The lowest BCUT2D eigenvalue weighted by atomic mass is 10.1. The van der Waals surface area contributed by atoms with Crippen LogP contribution < -0.4 is 9.62 Å². The van der Waals surface area contributed by atoms with E-state index in [9.17, 15) is 23.1 Å². The summed E-state index contributed by atoms with van der Waals surface area (Å²) < 4.78 is 32.6. The first-order valence-electron chi connectivity index (χ1n) is 8.83. The second-order valence-corrected chi connectivity index (χ2v) is 9.66. The number of methoxy groups -OCH3 is 1. The average Bonchev–Trinajstić information content (AvgIpc) is 2.73. The Morgan fingerprint density at radius 1 is 1.17 bits per heavy atom. The van der Waals surface area contributed by atoms with Gasteiger partial charge in [0, 0.05) is 30.3 Å². The summed E-state index contributed by atoms with van der Waals surface area (Å²) in [4.78, 5) is 25.1. The molecule has 1 heterocycles. The van der Waals surface area contributed by atoms with Crippen LogP contribution in [0.1, 0.15) is 20.7 Å². The second kappa shape index (κ2) is 9.15. The fourth-order valence-electron chi connectivity index (χ4n) is 3.02. The molecule has 0 unspecified atom stereocenters. The number of carboxylic acid groups (broad SMARTS) is 1. The molecule has 0 radical (unpaired) electrons. The first kappa shape index (κ1) is 22.3. The highest BCUT2D eigenvalue weighted by Gasteiger charge is 2.23. The molecular weight excluding hydrogens is 452 g/mol. The van der Waals surface area contributed by atoms with E-state index in [0.717, 1.165) is 17.6 Å². The van der Waals surface area contributed by atoms with E-state index >= 15 is 0 Å². The van der Waals surface area contributed by atoms with E-state index in [1.807, 2.05) is 4.90 Å². The molecule has 1 saturated heterocycles. The number of nitrogens with one attached hydrogen (secondary N) is 1. The Balaban J connectivity index is 1.94. The molecule has 8 nitrogen and oxygen atoms in total. The van der Waals surface area contributed by atoms with Gasteiger partial charge in [-0.25, -0.2) is 18.0 Å². The number of anilines is 2. The molecule has 0 aromatic heterocycles. The van der Waals surface area contributed by atoms with Crippen LogP contribution in [-0.2, 0) is 14.8 Å². The molecule has 0 spiro atoms. The number of carbonyl (C=O) groups is 2. The van der Waals surface area contributed by atoms with E-state index < -0.39 is 22.0 Å². The van der Waals surface area contributed by atoms with Crippen molar-refractivity contribution in [3.63, 3.8) is 0 Å². The summed E-state index contributed by atoms with van der Waals surface area (Å²) in [6, 6.07) is 8.09. The summed E-state index contributed by atoms with van der Waals surface area (Å²) in [7, 11) is -3.01. The van der Waals surface area contributed by atoms with E-state index in [-0.39, 0.29) is 26.7 Å². The van der Waals surface area contributed by atoms with Crippen LogP contribution in [0.3, 0.4) is 0 Å². The van der Waals surface area contributed by atoms with Gasteiger partial charge in [-0.3, -0.25) is 4.72 Å². The van der Waals surface area contributed by atoms with Crippen molar-refractivity contribution in [2.45, 2.75) is 4.90 Å². The Morgan fingerprint density at radius 2 is 1.87 bits per heavy atom. The van der Waals surface area contributed by atoms with Gasteiger partial charge in [-0.15, -0.1) is 0 Å². The number of sulfonamides is 1. The lowest BCUT2D eigenvalue weighted by molar-refractivity contribution is 0.0599. The van der Waals surface area contributed by atoms with Gasteiger partial charge in [0.2, 0.25) is 0 Å². The molecule has 1 aliphatic rings. The topological polar surface area (TPSA) is 113 Å². The minimum Gasteiger partial charge on any atom is -0.478 e. The molecule has 2 N–H and O–H groups in total. The smallest absolute Gasteiger partial charge is 0.337 e. The number of esters is 1. The number of halogens is 1. The van der Waals surface area contributed by atoms with Gasteiger partial charge in [-0.1, -0.05) is 11.6 Å². The summed E-state index contributed by atoms with van der Waals surface area (Å²) >= 11 is 7.83. The number of hydrogen-bond donors (Lipinski definition) is 2. The number of thioether (sulfide) groups is 1. The van der Waals surface area contributed by atoms with E-state index in [1.165, 1.54) is 31.4 Å². The Kier molecular flexibility index (Phi) is 6.79. The van der Waals surface area contributed by atoms with E-state index in [4.69, 9.17) is 11.6 Å². The van der Waals surface area contributed by atoms with Crippen LogP contribution in [0, 0.1) is 0 Å².